The van der Waals surface area contributed by atoms with Crippen molar-refractivity contribution in [1.82, 2.24) is 5.32 Å². The van der Waals surface area contributed by atoms with E-state index in [0.29, 0.717) is 5.92 Å². The minimum Gasteiger partial charge on any atom is -0.496 e. The molecule has 4 heteroatoms. The Hall–Kier alpha value is -1.42. The predicted octanol–water partition coefficient (Wildman–Crippen LogP) is 3.43. The molecule has 0 aromatic heterocycles. The SMILES string of the molecule is CC[C@H](NCC(C)C)c1cc(OC)c(C)c2c1OCO2. The van der Waals surface area contributed by atoms with Crippen LogP contribution in [0.25, 0.3) is 0 Å². The average Bonchev–Trinajstić information content (AvgIpc) is 2.91. The van der Waals surface area contributed by atoms with E-state index in [1.54, 1.807) is 7.11 Å². The molecule has 0 saturated heterocycles. The van der Waals surface area contributed by atoms with Crippen molar-refractivity contribution in [2.75, 3.05) is 20.4 Å². The van der Waals surface area contributed by atoms with Gasteiger partial charge in [-0.1, -0.05) is 20.8 Å². The molecular weight excluding hydrogens is 254 g/mol. The number of hydrogen-bond acceptors (Lipinski definition) is 4. The Bertz CT molecular complexity index is 471. The molecule has 4 nitrogen and oxygen atoms in total. The van der Waals surface area contributed by atoms with Gasteiger partial charge in [-0.2, -0.15) is 0 Å². The number of benzene rings is 1. The number of nitrogens with one attached hydrogen (secondary N) is 1. The lowest BCUT2D eigenvalue weighted by atomic mass is 9.99. The van der Waals surface area contributed by atoms with Crippen LogP contribution in [0, 0.1) is 12.8 Å². The minimum atomic E-state index is 0.252. The van der Waals surface area contributed by atoms with Crippen molar-refractivity contribution in [2.24, 2.45) is 5.92 Å². The Balaban J connectivity index is 2.36. The Morgan fingerprint density at radius 2 is 2.00 bits per heavy atom. The van der Waals surface area contributed by atoms with E-state index in [9.17, 15) is 0 Å². The first-order valence-electron chi connectivity index (χ1n) is 7.28. The van der Waals surface area contributed by atoms with Crippen molar-refractivity contribution < 1.29 is 14.2 Å². The lowest BCUT2D eigenvalue weighted by Crippen LogP contribution is -2.25. The highest BCUT2D eigenvalue weighted by Gasteiger charge is 2.27. The standard InChI is InChI=1S/C16H25NO3/c1-6-13(17-8-10(2)3)12-7-14(18-5)11(4)15-16(12)20-9-19-15/h7,10,13,17H,6,8-9H2,1-5H3/t13-/m0/s1. The zero-order valence-electron chi connectivity index (χ0n) is 13.1. The number of fused-ring (bicyclic) bond motifs is 1. The summed E-state index contributed by atoms with van der Waals surface area (Å²) in [6.45, 7) is 9.85. The quantitative estimate of drug-likeness (QED) is 0.866. The van der Waals surface area contributed by atoms with E-state index in [1.165, 1.54) is 0 Å². The summed E-state index contributed by atoms with van der Waals surface area (Å²) in [7, 11) is 1.69. The molecule has 0 saturated carbocycles. The first-order chi connectivity index (χ1) is 9.58. The van der Waals surface area contributed by atoms with Crippen LogP contribution < -0.4 is 19.5 Å². The molecule has 1 aliphatic heterocycles. The monoisotopic (exact) mass is 279 g/mol. The first-order valence-corrected chi connectivity index (χ1v) is 7.28. The summed E-state index contributed by atoms with van der Waals surface area (Å²) in [5.74, 6) is 3.16. The molecule has 1 aliphatic rings. The smallest absolute Gasteiger partial charge is 0.231 e. The van der Waals surface area contributed by atoms with E-state index in [0.717, 1.165) is 41.3 Å². The van der Waals surface area contributed by atoms with Gasteiger partial charge in [0.15, 0.2) is 11.5 Å². The van der Waals surface area contributed by atoms with Crippen LogP contribution in [0.15, 0.2) is 6.07 Å². The second-order valence-electron chi connectivity index (χ2n) is 5.62. The molecule has 1 atom stereocenters. The summed E-state index contributed by atoms with van der Waals surface area (Å²) in [6, 6.07) is 2.33. The van der Waals surface area contributed by atoms with Gasteiger partial charge >= 0.3 is 0 Å². The number of hydrogen-bond donors (Lipinski definition) is 1. The molecule has 0 bridgehead atoms. The first kappa shape index (κ1) is 15.0. The van der Waals surface area contributed by atoms with Crippen LogP contribution in [0.4, 0.5) is 0 Å². The molecule has 0 unspecified atom stereocenters. The lowest BCUT2D eigenvalue weighted by Gasteiger charge is -2.22. The van der Waals surface area contributed by atoms with Crippen molar-refractivity contribution in [3.63, 3.8) is 0 Å². The molecule has 20 heavy (non-hydrogen) atoms. The molecule has 0 fully saturated rings. The van der Waals surface area contributed by atoms with E-state index in [2.05, 4.69) is 32.2 Å². The third-order valence-electron chi connectivity index (χ3n) is 3.65. The van der Waals surface area contributed by atoms with Crippen molar-refractivity contribution in [1.29, 1.82) is 0 Å². The highest BCUT2D eigenvalue weighted by molar-refractivity contribution is 5.59. The third kappa shape index (κ3) is 2.85. The van der Waals surface area contributed by atoms with Gasteiger partial charge in [-0.25, -0.2) is 0 Å². The normalized spacial score (nSPS) is 14.7. The maximum atomic E-state index is 5.68. The molecule has 0 spiro atoms. The van der Waals surface area contributed by atoms with Crippen LogP contribution >= 0.6 is 0 Å². The fourth-order valence-corrected chi connectivity index (χ4v) is 2.52. The van der Waals surface area contributed by atoms with E-state index in [4.69, 9.17) is 14.2 Å². The molecule has 1 aromatic carbocycles. The van der Waals surface area contributed by atoms with Crippen LogP contribution in [0.5, 0.6) is 17.2 Å². The Labute approximate surface area is 121 Å². The molecule has 0 aliphatic carbocycles. The number of rotatable bonds is 6. The van der Waals surface area contributed by atoms with E-state index >= 15 is 0 Å². The van der Waals surface area contributed by atoms with Crippen LogP contribution in [0.1, 0.15) is 44.4 Å². The molecule has 1 heterocycles. The summed E-state index contributed by atoms with van der Waals surface area (Å²) < 4.78 is 16.8. The Morgan fingerprint density at radius 3 is 2.60 bits per heavy atom. The van der Waals surface area contributed by atoms with Gasteiger partial charge in [0.1, 0.15) is 5.75 Å². The van der Waals surface area contributed by atoms with E-state index in [-0.39, 0.29) is 12.8 Å². The van der Waals surface area contributed by atoms with Crippen LogP contribution in [-0.4, -0.2) is 20.4 Å². The average molecular weight is 279 g/mol. The van der Waals surface area contributed by atoms with Crippen molar-refractivity contribution in [3.8, 4) is 17.2 Å². The van der Waals surface area contributed by atoms with Gasteiger partial charge in [0.05, 0.1) is 7.11 Å². The molecule has 2 rings (SSSR count). The molecule has 112 valence electrons. The van der Waals surface area contributed by atoms with Gasteiger partial charge in [0, 0.05) is 17.2 Å². The fraction of sp³-hybridized carbons (Fsp3) is 0.625. The van der Waals surface area contributed by atoms with E-state index in [1.807, 2.05) is 6.92 Å². The molecular formula is C16H25NO3. The molecule has 0 radical (unpaired) electrons. The van der Waals surface area contributed by atoms with Crippen molar-refractivity contribution in [3.05, 3.63) is 17.2 Å². The second-order valence-corrected chi connectivity index (χ2v) is 5.62. The second kappa shape index (κ2) is 6.35. The van der Waals surface area contributed by atoms with Crippen LogP contribution in [0.2, 0.25) is 0 Å². The van der Waals surface area contributed by atoms with Gasteiger partial charge in [-0.15, -0.1) is 0 Å². The molecule has 1 N–H and O–H groups in total. The maximum Gasteiger partial charge on any atom is 0.231 e. The molecule has 0 amide bonds. The highest BCUT2D eigenvalue weighted by atomic mass is 16.7. The van der Waals surface area contributed by atoms with Crippen molar-refractivity contribution in [2.45, 2.75) is 40.2 Å². The maximum absolute atomic E-state index is 5.68. The summed E-state index contributed by atoms with van der Waals surface area (Å²) in [6.07, 6.45) is 0.995. The van der Waals surface area contributed by atoms with Crippen LogP contribution in [-0.2, 0) is 0 Å². The Kier molecular flexibility index (Phi) is 4.76. The third-order valence-corrected chi connectivity index (χ3v) is 3.65. The number of ether oxygens (including phenoxy) is 3. The summed E-state index contributed by atoms with van der Waals surface area (Å²) >= 11 is 0. The van der Waals surface area contributed by atoms with Gasteiger partial charge in [0.25, 0.3) is 0 Å². The highest BCUT2D eigenvalue weighted by Crippen LogP contribution is 2.46. The topological polar surface area (TPSA) is 39.7 Å². The van der Waals surface area contributed by atoms with Gasteiger partial charge in [-0.3, -0.25) is 0 Å². The Morgan fingerprint density at radius 1 is 1.30 bits per heavy atom. The van der Waals surface area contributed by atoms with Crippen LogP contribution in [0.3, 0.4) is 0 Å². The fourth-order valence-electron chi connectivity index (χ4n) is 2.52. The molecule has 1 aromatic rings. The summed E-state index contributed by atoms with van der Waals surface area (Å²) in [5, 5.41) is 3.59. The summed E-state index contributed by atoms with van der Waals surface area (Å²) in [5.41, 5.74) is 2.13. The summed E-state index contributed by atoms with van der Waals surface area (Å²) in [4.78, 5) is 0. The zero-order chi connectivity index (χ0) is 14.7. The van der Waals surface area contributed by atoms with Gasteiger partial charge in [-0.05, 0) is 31.9 Å². The van der Waals surface area contributed by atoms with Gasteiger partial charge in [0.2, 0.25) is 6.79 Å². The minimum absolute atomic E-state index is 0.252. The van der Waals surface area contributed by atoms with Gasteiger partial charge < -0.3 is 19.5 Å². The van der Waals surface area contributed by atoms with Crippen molar-refractivity contribution >= 4 is 0 Å². The predicted molar refractivity (Wildman–Crippen MR) is 79.7 cm³/mol. The lowest BCUT2D eigenvalue weighted by molar-refractivity contribution is 0.172. The largest absolute Gasteiger partial charge is 0.496 e. The number of methoxy groups -OCH3 is 1. The zero-order valence-corrected chi connectivity index (χ0v) is 13.1. The van der Waals surface area contributed by atoms with E-state index < -0.39 is 0 Å².